The highest BCUT2D eigenvalue weighted by Gasteiger charge is 2.48. The van der Waals surface area contributed by atoms with Crippen molar-refractivity contribution in [2.24, 2.45) is 0 Å². The first kappa shape index (κ1) is 44.9. The molecule has 0 bridgehead atoms. The van der Waals surface area contributed by atoms with Crippen molar-refractivity contribution in [3.8, 4) is 5.75 Å². The number of unbranched alkanes of at least 4 members (excludes halogenated alkanes) is 22. The van der Waals surface area contributed by atoms with Gasteiger partial charge in [-0.3, -0.25) is 0 Å². The van der Waals surface area contributed by atoms with Gasteiger partial charge in [0.25, 0.3) is 0 Å². The fraction of sp³-hybridized carbons (Fsp3) is 0.860. The molecule has 1 N–H and O–H groups in total. The van der Waals surface area contributed by atoms with Crippen molar-refractivity contribution < 1.29 is 33.5 Å². The minimum absolute atomic E-state index is 0.183. The van der Waals surface area contributed by atoms with Crippen molar-refractivity contribution in [1.29, 1.82) is 0 Å². The summed E-state index contributed by atoms with van der Waals surface area (Å²) in [5.41, 5.74) is 1.02. The predicted molar refractivity (Wildman–Crippen MR) is 206 cm³/mol. The summed E-state index contributed by atoms with van der Waals surface area (Å²) in [7, 11) is 3.30. The van der Waals surface area contributed by atoms with Gasteiger partial charge in [-0.25, -0.2) is 0 Å². The predicted octanol–water partition coefficient (Wildman–Crippen LogP) is 11.1. The topological polar surface area (TPSA) is 75.6 Å². The molecule has 0 spiro atoms. The fourth-order valence-electron chi connectivity index (χ4n) is 7.02. The zero-order valence-corrected chi connectivity index (χ0v) is 32.9. The fourth-order valence-corrected chi connectivity index (χ4v) is 7.02. The SMILES string of the molecule is CCCCCCCCCCCCCCO[C@@H]1[C@@H](OCCCCCCCCCCCCCC)[C@@H](OC)O[C@H](CO)[C@H]1OCc1ccc(OC)cc1. The first-order valence-electron chi connectivity index (χ1n) is 20.9. The quantitative estimate of drug-likeness (QED) is 0.0715. The molecular weight excluding hydrogens is 628 g/mol. The van der Waals surface area contributed by atoms with Crippen LogP contribution in [0, 0.1) is 0 Å². The number of aliphatic hydroxyl groups excluding tert-OH is 1. The molecule has 1 aromatic carbocycles. The molecule has 1 fully saturated rings. The Labute approximate surface area is 307 Å². The number of hydrogen-bond donors (Lipinski definition) is 1. The number of rotatable bonds is 34. The third kappa shape index (κ3) is 20.1. The van der Waals surface area contributed by atoms with E-state index in [2.05, 4.69) is 13.8 Å². The van der Waals surface area contributed by atoms with Gasteiger partial charge in [0, 0.05) is 20.3 Å². The summed E-state index contributed by atoms with van der Waals surface area (Å²) >= 11 is 0. The molecule has 5 atom stereocenters. The highest BCUT2D eigenvalue weighted by Crippen LogP contribution is 2.30. The summed E-state index contributed by atoms with van der Waals surface area (Å²) in [5, 5.41) is 10.4. The maximum atomic E-state index is 10.4. The van der Waals surface area contributed by atoms with Crippen LogP contribution in [0.4, 0.5) is 0 Å². The molecule has 7 heteroatoms. The Morgan fingerprint density at radius 2 is 0.940 bits per heavy atom. The third-order valence-corrected chi connectivity index (χ3v) is 10.2. The molecular formula is C43H78O7. The summed E-state index contributed by atoms with van der Waals surface area (Å²) in [6.45, 7) is 5.99. The molecule has 50 heavy (non-hydrogen) atoms. The van der Waals surface area contributed by atoms with E-state index in [9.17, 15) is 5.11 Å². The van der Waals surface area contributed by atoms with Crippen molar-refractivity contribution in [1.82, 2.24) is 0 Å². The average molecular weight is 707 g/mol. The van der Waals surface area contributed by atoms with Gasteiger partial charge in [0.05, 0.1) is 20.3 Å². The van der Waals surface area contributed by atoms with E-state index in [0.29, 0.717) is 19.8 Å². The molecule has 2 rings (SSSR count). The van der Waals surface area contributed by atoms with Crippen LogP contribution in [0.2, 0.25) is 0 Å². The van der Waals surface area contributed by atoms with Crippen molar-refractivity contribution in [2.75, 3.05) is 34.0 Å². The molecule has 0 aromatic heterocycles. The Kier molecular flexibility index (Phi) is 28.1. The van der Waals surface area contributed by atoms with Gasteiger partial charge in [0.15, 0.2) is 6.29 Å². The van der Waals surface area contributed by atoms with Crippen LogP contribution in [0.25, 0.3) is 0 Å². The van der Waals surface area contributed by atoms with Crippen LogP contribution in [-0.2, 0) is 30.3 Å². The monoisotopic (exact) mass is 707 g/mol. The minimum Gasteiger partial charge on any atom is -0.497 e. The Bertz CT molecular complexity index is 865. The molecule has 1 aliphatic rings. The second kappa shape index (κ2) is 31.3. The van der Waals surface area contributed by atoms with E-state index in [-0.39, 0.29) is 6.61 Å². The van der Waals surface area contributed by atoms with Gasteiger partial charge in [-0.2, -0.15) is 0 Å². The summed E-state index contributed by atoms with van der Waals surface area (Å²) in [5.74, 6) is 0.806. The maximum absolute atomic E-state index is 10.4. The van der Waals surface area contributed by atoms with Crippen LogP contribution in [0.1, 0.15) is 174 Å². The van der Waals surface area contributed by atoms with Gasteiger partial charge < -0.3 is 33.5 Å². The van der Waals surface area contributed by atoms with Gasteiger partial charge in [0.1, 0.15) is 30.2 Å². The van der Waals surface area contributed by atoms with E-state index in [1.165, 1.54) is 128 Å². The minimum atomic E-state index is -0.628. The van der Waals surface area contributed by atoms with Crippen molar-refractivity contribution in [3.05, 3.63) is 29.8 Å². The smallest absolute Gasteiger partial charge is 0.186 e. The van der Waals surface area contributed by atoms with Gasteiger partial charge in [-0.05, 0) is 30.5 Å². The molecule has 0 amide bonds. The Balaban J connectivity index is 1.84. The normalized spacial score (nSPS) is 20.8. The largest absolute Gasteiger partial charge is 0.497 e. The van der Waals surface area contributed by atoms with Crippen molar-refractivity contribution >= 4 is 0 Å². The summed E-state index contributed by atoms with van der Waals surface area (Å²) in [6, 6.07) is 7.86. The number of ether oxygens (including phenoxy) is 6. The van der Waals surface area contributed by atoms with Gasteiger partial charge in [0.2, 0.25) is 0 Å². The third-order valence-electron chi connectivity index (χ3n) is 10.2. The van der Waals surface area contributed by atoms with Crippen LogP contribution in [0.5, 0.6) is 5.75 Å². The molecule has 1 saturated heterocycles. The molecule has 1 aromatic rings. The van der Waals surface area contributed by atoms with Crippen molar-refractivity contribution in [3.63, 3.8) is 0 Å². The highest BCUT2D eigenvalue weighted by molar-refractivity contribution is 5.26. The van der Waals surface area contributed by atoms with Crippen LogP contribution < -0.4 is 4.74 Å². The standard InChI is InChI=1S/C43H78O7/c1-5-7-9-11-13-15-17-19-21-23-25-27-33-47-41-40(49-36-37-29-31-38(45-3)32-30-37)39(35-44)50-43(46-4)42(41)48-34-28-26-24-22-20-18-16-14-12-10-8-6-2/h29-32,39-44H,5-28,33-36H2,1-4H3/t39-,40-,41+,42-,43+/m1/s1. The zero-order valence-electron chi connectivity index (χ0n) is 32.9. The van der Waals surface area contributed by atoms with Crippen LogP contribution >= 0.6 is 0 Å². The van der Waals surface area contributed by atoms with Crippen LogP contribution in [0.15, 0.2) is 24.3 Å². The maximum Gasteiger partial charge on any atom is 0.186 e. The van der Waals surface area contributed by atoms with E-state index >= 15 is 0 Å². The lowest BCUT2D eigenvalue weighted by Gasteiger charge is -2.45. The summed E-state index contributed by atoms with van der Waals surface area (Å²) < 4.78 is 36.9. The number of benzene rings is 1. The van der Waals surface area contributed by atoms with E-state index in [0.717, 1.165) is 37.0 Å². The summed E-state index contributed by atoms with van der Waals surface area (Å²) in [6.07, 6.45) is 28.7. The van der Waals surface area contributed by atoms with E-state index in [4.69, 9.17) is 28.4 Å². The van der Waals surface area contributed by atoms with E-state index in [1.807, 2.05) is 24.3 Å². The van der Waals surface area contributed by atoms with Gasteiger partial charge in [-0.1, -0.05) is 167 Å². The number of aliphatic hydroxyl groups is 1. The van der Waals surface area contributed by atoms with Crippen LogP contribution in [0.3, 0.4) is 0 Å². The molecule has 1 aliphatic heterocycles. The zero-order chi connectivity index (χ0) is 35.9. The molecule has 0 aliphatic carbocycles. The first-order valence-corrected chi connectivity index (χ1v) is 20.9. The molecule has 0 unspecified atom stereocenters. The molecule has 0 radical (unpaired) electrons. The Morgan fingerprint density at radius 3 is 1.34 bits per heavy atom. The lowest BCUT2D eigenvalue weighted by Crippen LogP contribution is -2.61. The molecule has 1 heterocycles. The lowest BCUT2D eigenvalue weighted by atomic mass is 9.98. The van der Waals surface area contributed by atoms with Crippen molar-refractivity contribution in [2.45, 2.75) is 205 Å². The van der Waals surface area contributed by atoms with Gasteiger partial charge in [-0.15, -0.1) is 0 Å². The highest BCUT2D eigenvalue weighted by atomic mass is 16.7. The Hall–Kier alpha value is -1.22. The lowest BCUT2D eigenvalue weighted by molar-refractivity contribution is -0.318. The Morgan fingerprint density at radius 1 is 0.520 bits per heavy atom. The van der Waals surface area contributed by atoms with Crippen LogP contribution in [-0.4, -0.2) is 69.9 Å². The molecule has 0 saturated carbocycles. The summed E-state index contributed by atoms with van der Waals surface area (Å²) in [4.78, 5) is 0. The molecule has 7 nitrogen and oxygen atoms in total. The second-order valence-corrected chi connectivity index (χ2v) is 14.5. The van der Waals surface area contributed by atoms with Gasteiger partial charge >= 0.3 is 0 Å². The number of methoxy groups -OCH3 is 2. The second-order valence-electron chi connectivity index (χ2n) is 14.5. The van der Waals surface area contributed by atoms with E-state index < -0.39 is 30.7 Å². The average Bonchev–Trinajstić information content (AvgIpc) is 3.14. The molecule has 292 valence electrons. The first-order chi connectivity index (χ1) is 24.7. The number of hydrogen-bond acceptors (Lipinski definition) is 7. The van der Waals surface area contributed by atoms with E-state index in [1.54, 1.807) is 14.2 Å².